The van der Waals surface area contributed by atoms with Gasteiger partial charge in [0.1, 0.15) is 0 Å². The van der Waals surface area contributed by atoms with Gasteiger partial charge in [-0.3, -0.25) is 9.59 Å². The van der Waals surface area contributed by atoms with Crippen molar-refractivity contribution in [3.63, 3.8) is 0 Å². The third-order valence-electron chi connectivity index (χ3n) is 12.2. The average Bonchev–Trinajstić information content (AvgIpc) is 3.21. The Hall–Kier alpha value is -1.14. The second-order valence-electron chi connectivity index (χ2n) is 17.9. The number of carbonyl (C=O) groups excluding carboxylic acids is 2. The van der Waals surface area contributed by atoms with E-state index in [2.05, 4.69) is 19.2 Å². The number of carbonyl (C=O) groups is 2. The molecule has 0 bridgehead atoms. The number of aliphatic hydroxyl groups excluding tert-OH is 2. The van der Waals surface area contributed by atoms with Crippen LogP contribution in [0.4, 0.5) is 0 Å². The molecule has 340 valence electrons. The summed E-state index contributed by atoms with van der Waals surface area (Å²) in [6.45, 7) is 4.94. The summed E-state index contributed by atoms with van der Waals surface area (Å²) in [6, 6.07) is -0.541. The highest BCUT2D eigenvalue weighted by Gasteiger charge is 2.20. The van der Waals surface area contributed by atoms with E-state index in [0.717, 1.165) is 38.5 Å². The third kappa shape index (κ3) is 44.2. The van der Waals surface area contributed by atoms with Crippen LogP contribution in [-0.2, 0) is 14.3 Å². The van der Waals surface area contributed by atoms with Gasteiger partial charge in [-0.25, -0.2) is 0 Å². The van der Waals surface area contributed by atoms with E-state index in [0.29, 0.717) is 25.9 Å². The maximum absolute atomic E-state index is 12.4. The van der Waals surface area contributed by atoms with Crippen LogP contribution in [0, 0.1) is 0 Å². The molecule has 0 aliphatic heterocycles. The Morgan fingerprint density at radius 3 is 1.07 bits per heavy atom. The van der Waals surface area contributed by atoms with E-state index in [-0.39, 0.29) is 18.5 Å². The number of esters is 1. The summed E-state index contributed by atoms with van der Waals surface area (Å²) in [4.78, 5) is 24.4. The number of rotatable bonds is 48. The van der Waals surface area contributed by atoms with Gasteiger partial charge in [-0.05, 0) is 25.7 Å². The number of ether oxygens (including phenoxy) is 1. The Bertz CT molecular complexity index is 806. The molecule has 0 aromatic carbocycles. The van der Waals surface area contributed by atoms with Crippen LogP contribution in [0.1, 0.15) is 290 Å². The molecule has 0 fully saturated rings. The lowest BCUT2D eigenvalue weighted by molar-refractivity contribution is -0.143. The highest BCUT2D eigenvalue weighted by Crippen LogP contribution is 2.17. The molecule has 2 unspecified atom stereocenters. The Labute approximate surface area is 356 Å². The van der Waals surface area contributed by atoms with E-state index in [1.807, 2.05) is 0 Å². The molecule has 6 nitrogen and oxygen atoms in total. The zero-order valence-corrected chi connectivity index (χ0v) is 38.6. The predicted molar refractivity (Wildman–Crippen MR) is 246 cm³/mol. The van der Waals surface area contributed by atoms with Crippen LogP contribution < -0.4 is 5.32 Å². The van der Waals surface area contributed by atoms with Crippen LogP contribution in [0.3, 0.4) is 0 Å². The van der Waals surface area contributed by atoms with Crippen LogP contribution in [-0.4, -0.2) is 47.4 Å². The monoisotopic (exact) mass is 808 g/mol. The van der Waals surface area contributed by atoms with Gasteiger partial charge in [0, 0.05) is 12.8 Å². The average molecular weight is 808 g/mol. The van der Waals surface area contributed by atoms with E-state index in [4.69, 9.17) is 4.74 Å². The molecular formula is C51H101NO5. The number of unbranched alkanes of at least 4 members (excludes halogenated alkanes) is 37. The molecule has 6 heteroatoms. The van der Waals surface area contributed by atoms with Gasteiger partial charge in [0.2, 0.25) is 5.91 Å². The molecule has 0 aliphatic rings. The molecule has 0 aromatic rings. The maximum atomic E-state index is 12.4. The van der Waals surface area contributed by atoms with Crippen molar-refractivity contribution in [3.05, 3.63) is 0 Å². The lowest BCUT2D eigenvalue weighted by Gasteiger charge is -2.22. The molecule has 2 atom stereocenters. The fourth-order valence-electron chi connectivity index (χ4n) is 8.17. The van der Waals surface area contributed by atoms with Crippen LogP contribution in [0.5, 0.6) is 0 Å². The molecule has 0 aliphatic carbocycles. The molecule has 57 heavy (non-hydrogen) atoms. The first-order valence-electron chi connectivity index (χ1n) is 25.8. The quantitative estimate of drug-likeness (QED) is 0.0420. The first kappa shape index (κ1) is 55.9. The topological polar surface area (TPSA) is 95.9 Å². The summed E-state index contributed by atoms with van der Waals surface area (Å²) in [5.74, 6) is -0.0313. The SMILES string of the molecule is CCCCCCCCCCCCCCC(=O)OCCCCCCCCCCCCCCCCCCCCC(=O)NC(CO)C(O)CCCCCCCCCCCC. The van der Waals surface area contributed by atoms with Crippen molar-refractivity contribution in [1.82, 2.24) is 5.32 Å². The normalized spacial score (nSPS) is 12.6. The molecule has 0 saturated heterocycles. The summed E-state index contributed by atoms with van der Waals surface area (Å²) in [7, 11) is 0. The van der Waals surface area contributed by atoms with E-state index in [1.165, 1.54) is 218 Å². The lowest BCUT2D eigenvalue weighted by atomic mass is 10.0. The number of amides is 1. The van der Waals surface area contributed by atoms with Crippen molar-refractivity contribution >= 4 is 11.9 Å². The fourth-order valence-corrected chi connectivity index (χ4v) is 8.17. The molecule has 0 aromatic heterocycles. The molecule has 3 N–H and O–H groups in total. The summed E-state index contributed by atoms with van der Waals surface area (Å²) < 4.78 is 5.46. The second-order valence-corrected chi connectivity index (χ2v) is 17.9. The van der Waals surface area contributed by atoms with Gasteiger partial charge in [-0.2, -0.15) is 0 Å². The first-order valence-corrected chi connectivity index (χ1v) is 25.8. The van der Waals surface area contributed by atoms with Crippen LogP contribution >= 0.6 is 0 Å². The van der Waals surface area contributed by atoms with Crippen LogP contribution in [0.15, 0.2) is 0 Å². The van der Waals surface area contributed by atoms with E-state index in [1.54, 1.807) is 0 Å². The van der Waals surface area contributed by atoms with Crippen molar-refractivity contribution in [2.75, 3.05) is 13.2 Å². The molecule has 0 saturated carbocycles. The molecule has 1 amide bonds. The summed E-state index contributed by atoms with van der Waals surface area (Å²) in [6.07, 6.45) is 52.2. The van der Waals surface area contributed by atoms with E-state index >= 15 is 0 Å². The van der Waals surface area contributed by atoms with Gasteiger partial charge in [0.15, 0.2) is 0 Å². The third-order valence-corrected chi connectivity index (χ3v) is 12.2. The van der Waals surface area contributed by atoms with Crippen LogP contribution in [0.2, 0.25) is 0 Å². The minimum absolute atomic E-state index is 0.00823. The molecule has 0 spiro atoms. The fraction of sp³-hybridized carbons (Fsp3) is 0.961. The minimum Gasteiger partial charge on any atom is -0.466 e. The Morgan fingerprint density at radius 2 is 0.719 bits per heavy atom. The Balaban J connectivity index is 3.37. The van der Waals surface area contributed by atoms with Gasteiger partial charge in [0.25, 0.3) is 0 Å². The smallest absolute Gasteiger partial charge is 0.305 e. The van der Waals surface area contributed by atoms with Crippen molar-refractivity contribution in [2.45, 2.75) is 302 Å². The van der Waals surface area contributed by atoms with Gasteiger partial charge >= 0.3 is 5.97 Å². The predicted octanol–water partition coefficient (Wildman–Crippen LogP) is 15.2. The Morgan fingerprint density at radius 1 is 0.421 bits per heavy atom. The van der Waals surface area contributed by atoms with E-state index < -0.39 is 12.1 Å². The van der Waals surface area contributed by atoms with Crippen molar-refractivity contribution < 1.29 is 24.5 Å². The van der Waals surface area contributed by atoms with Crippen molar-refractivity contribution in [3.8, 4) is 0 Å². The standard InChI is InChI=1S/C51H101NO5/c1-3-5-7-9-11-13-15-25-29-33-37-41-45-51(56)57-46-42-38-34-30-26-23-21-19-17-16-18-20-22-24-28-32-36-40-44-50(55)52-48(47-53)49(54)43-39-35-31-27-14-12-10-8-6-4-2/h48-49,53-54H,3-47H2,1-2H3,(H,52,55). The van der Waals surface area contributed by atoms with Crippen molar-refractivity contribution in [2.24, 2.45) is 0 Å². The molecule has 0 heterocycles. The molecular weight excluding hydrogens is 707 g/mol. The van der Waals surface area contributed by atoms with Gasteiger partial charge < -0.3 is 20.3 Å². The van der Waals surface area contributed by atoms with Crippen molar-refractivity contribution in [1.29, 1.82) is 0 Å². The highest BCUT2D eigenvalue weighted by molar-refractivity contribution is 5.76. The summed E-state index contributed by atoms with van der Waals surface area (Å²) >= 11 is 0. The van der Waals surface area contributed by atoms with Gasteiger partial charge in [0.05, 0.1) is 25.4 Å². The number of aliphatic hydroxyl groups is 2. The summed E-state index contributed by atoms with van der Waals surface area (Å²) in [5, 5.41) is 23.1. The second kappa shape index (κ2) is 47.5. The first-order chi connectivity index (χ1) is 28.0. The number of hydrogen-bond acceptors (Lipinski definition) is 5. The van der Waals surface area contributed by atoms with E-state index in [9.17, 15) is 19.8 Å². The number of nitrogens with one attached hydrogen (secondary N) is 1. The summed E-state index contributed by atoms with van der Waals surface area (Å²) in [5.41, 5.74) is 0. The lowest BCUT2D eigenvalue weighted by Crippen LogP contribution is -2.45. The van der Waals surface area contributed by atoms with Crippen LogP contribution in [0.25, 0.3) is 0 Å². The number of hydrogen-bond donors (Lipinski definition) is 3. The minimum atomic E-state index is -0.663. The Kier molecular flexibility index (Phi) is 46.6. The largest absolute Gasteiger partial charge is 0.466 e. The molecule has 0 rings (SSSR count). The highest BCUT2D eigenvalue weighted by atomic mass is 16.5. The van der Waals surface area contributed by atoms with Gasteiger partial charge in [-0.15, -0.1) is 0 Å². The van der Waals surface area contributed by atoms with Gasteiger partial charge in [-0.1, -0.05) is 251 Å². The molecule has 0 radical (unpaired) electrons. The zero-order valence-electron chi connectivity index (χ0n) is 38.6. The maximum Gasteiger partial charge on any atom is 0.305 e. The zero-order chi connectivity index (χ0) is 41.5.